The fourth-order valence-corrected chi connectivity index (χ4v) is 4.79. The van der Waals surface area contributed by atoms with Gasteiger partial charge in [0.1, 0.15) is 17.1 Å². The highest BCUT2D eigenvalue weighted by atomic mass is 35.5. The predicted octanol–water partition coefficient (Wildman–Crippen LogP) is 7.04. The highest BCUT2D eigenvalue weighted by Crippen LogP contribution is 2.38. The number of nitrogens with one attached hydrogen (secondary N) is 1. The van der Waals surface area contributed by atoms with Gasteiger partial charge in [-0.3, -0.25) is 4.98 Å². The molecule has 214 valence electrons. The van der Waals surface area contributed by atoms with E-state index in [0.717, 1.165) is 17.0 Å². The maximum absolute atomic E-state index is 14.9. The zero-order chi connectivity index (χ0) is 29.1. The molecule has 2 heterocycles. The molecule has 0 saturated carbocycles. The summed E-state index contributed by atoms with van der Waals surface area (Å²) in [4.78, 5) is 18.8. The lowest BCUT2D eigenvalue weighted by Gasteiger charge is -2.38. The molecule has 0 bridgehead atoms. The normalized spacial score (nSPS) is 17.2. The number of hydrogen-bond acceptors (Lipinski definition) is 3. The number of carbonyl (C=O) groups excluding carboxylic acids is 1. The van der Waals surface area contributed by atoms with Crippen LogP contribution in [0.15, 0.2) is 66.9 Å². The van der Waals surface area contributed by atoms with Gasteiger partial charge < -0.3 is 15.0 Å². The van der Waals surface area contributed by atoms with Crippen molar-refractivity contribution in [3.63, 3.8) is 0 Å². The standard InChI is InChI=1S/C27H23ClF7N3O2/c28-18-8-9-22(36-15-18)26(14-16-5-2-1-3-6-16,37-25(39)38-10-4-7-21(38)23(30)31)17-11-19(29)13-20(12-17)40-27(34,35)24(32)33/h1-3,5-6,8-9,11-13,15,21,23-24H,4,7,10,14H2,(H,37,39)/t21-,26-/m0/s1. The lowest BCUT2D eigenvalue weighted by atomic mass is 9.80. The number of carbonyl (C=O) groups is 1. The summed E-state index contributed by atoms with van der Waals surface area (Å²) in [6, 6.07) is 11.1. The summed E-state index contributed by atoms with van der Waals surface area (Å²) >= 11 is 6.01. The Morgan fingerprint density at radius 3 is 2.45 bits per heavy atom. The van der Waals surface area contributed by atoms with Gasteiger partial charge in [0.2, 0.25) is 0 Å². The van der Waals surface area contributed by atoms with E-state index in [4.69, 9.17) is 11.6 Å². The van der Waals surface area contributed by atoms with Crippen molar-refractivity contribution >= 4 is 17.6 Å². The van der Waals surface area contributed by atoms with Crippen LogP contribution in [-0.4, -0.2) is 47.5 Å². The van der Waals surface area contributed by atoms with E-state index in [-0.39, 0.29) is 35.7 Å². The summed E-state index contributed by atoms with van der Waals surface area (Å²) in [5.41, 5.74) is -1.50. The molecule has 13 heteroatoms. The number of benzene rings is 2. The SMILES string of the molecule is O=C(N[C@@](Cc1ccccc1)(c1cc(F)cc(OC(F)(F)C(F)F)c1)c1ccc(Cl)cn1)N1CCC[C@H]1C(F)F. The fourth-order valence-electron chi connectivity index (χ4n) is 4.68. The van der Waals surface area contributed by atoms with Crippen LogP contribution < -0.4 is 10.1 Å². The molecule has 0 radical (unpaired) electrons. The highest BCUT2D eigenvalue weighted by Gasteiger charge is 2.46. The van der Waals surface area contributed by atoms with Crippen LogP contribution in [0.25, 0.3) is 0 Å². The van der Waals surface area contributed by atoms with E-state index in [1.165, 1.54) is 18.3 Å². The summed E-state index contributed by atoms with van der Waals surface area (Å²) in [7, 11) is 0. The van der Waals surface area contributed by atoms with Gasteiger partial charge in [0.25, 0.3) is 6.43 Å². The van der Waals surface area contributed by atoms with Gasteiger partial charge in [0.15, 0.2) is 0 Å². The summed E-state index contributed by atoms with van der Waals surface area (Å²) in [5.74, 6) is -2.10. The van der Waals surface area contributed by atoms with Crippen molar-refractivity contribution in [2.24, 2.45) is 0 Å². The Balaban J connectivity index is 1.90. The average Bonchev–Trinajstić information content (AvgIpc) is 3.39. The first-order chi connectivity index (χ1) is 18.9. The van der Waals surface area contributed by atoms with E-state index in [2.05, 4.69) is 15.0 Å². The molecule has 0 spiro atoms. The van der Waals surface area contributed by atoms with Crippen LogP contribution in [0.2, 0.25) is 5.02 Å². The number of amides is 2. The van der Waals surface area contributed by atoms with E-state index in [1.807, 2.05) is 0 Å². The van der Waals surface area contributed by atoms with Crippen molar-refractivity contribution in [1.82, 2.24) is 15.2 Å². The van der Waals surface area contributed by atoms with Crippen molar-refractivity contribution in [2.75, 3.05) is 6.54 Å². The number of ether oxygens (including phenoxy) is 1. The zero-order valence-electron chi connectivity index (χ0n) is 20.6. The molecule has 1 N–H and O–H groups in total. The molecular weight excluding hydrogens is 567 g/mol. The number of rotatable bonds is 9. The van der Waals surface area contributed by atoms with Gasteiger partial charge in [-0.05, 0) is 48.2 Å². The third-order valence-electron chi connectivity index (χ3n) is 6.52. The first kappa shape index (κ1) is 29.4. The van der Waals surface area contributed by atoms with E-state index < -0.39 is 48.1 Å². The Hall–Kier alpha value is -3.54. The molecule has 0 aliphatic carbocycles. The third kappa shape index (κ3) is 6.43. The minimum atomic E-state index is -4.95. The second kappa shape index (κ2) is 11.9. The minimum Gasteiger partial charge on any atom is -0.428 e. The van der Waals surface area contributed by atoms with Gasteiger partial charge in [0, 0.05) is 25.2 Å². The second-order valence-corrected chi connectivity index (χ2v) is 9.67. The molecule has 4 rings (SSSR count). The van der Waals surface area contributed by atoms with Crippen molar-refractivity contribution in [1.29, 1.82) is 0 Å². The predicted molar refractivity (Wildman–Crippen MR) is 132 cm³/mol. The maximum Gasteiger partial charge on any atom is 0.461 e. The molecule has 1 aromatic heterocycles. The van der Waals surface area contributed by atoms with E-state index in [1.54, 1.807) is 30.3 Å². The summed E-state index contributed by atoms with van der Waals surface area (Å²) in [5, 5.41) is 2.88. The number of likely N-dealkylation sites (tertiary alicyclic amines) is 1. The van der Waals surface area contributed by atoms with Crippen molar-refractivity contribution in [3.8, 4) is 5.75 Å². The molecule has 5 nitrogen and oxygen atoms in total. The summed E-state index contributed by atoms with van der Waals surface area (Å²) in [6.07, 6.45) is -10.6. The lowest BCUT2D eigenvalue weighted by molar-refractivity contribution is -0.253. The molecule has 2 atom stereocenters. The average molecular weight is 590 g/mol. The van der Waals surface area contributed by atoms with Gasteiger partial charge in [-0.25, -0.2) is 18.0 Å². The number of urea groups is 1. The van der Waals surface area contributed by atoms with Crippen molar-refractivity contribution < 1.29 is 40.3 Å². The molecule has 1 aliphatic rings. The Kier molecular flexibility index (Phi) is 8.77. The van der Waals surface area contributed by atoms with Crippen LogP contribution in [0.4, 0.5) is 35.5 Å². The Bertz CT molecular complexity index is 1320. The fraction of sp³-hybridized carbons (Fsp3) is 0.333. The topological polar surface area (TPSA) is 54.5 Å². The van der Waals surface area contributed by atoms with Crippen molar-refractivity contribution in [2.45, 2.75) is 49.8 Å². The van der Waals surface area contributed by atoms with E-state index >= 15 is 0 Å². The van der Waals surface area contributed by atoms with Crippen LogP contribution >= 0.6 is 11.6 Å². The lowest BCUT2D eigenvalue weighted by Crippen LogP contribution is -2.55. The molecule has 0 unspecified atom stereocenters. The first-order valence-electron chi connectivity index (χ1n) is 12.1. The van der Waals surface area contributed by atoms with Gasteiger partial charge in [-0.1, -0.05) is 41.9 Å². The van der Waals surface area contributed by atoms with Gasteiger partial charge >= 0.3 is 18.6 Å². The van der Waals surface area contributed by atoms with Crippen molar-refractivity contribution in [3.05, 3.63) is 94.5 Å². The van der Waals surface area contributed by atoms with Crippen LogP contribution in [0, 0.1) is 5.82 Å². The Morgan fingerprint density at radius 2 is 1.82 bits per heavy atom. The number of aromatic nitrogens is 1. The summed E-state index contributed by atoms with van der Waals surface area (Å²) < 4.78 is 99.7. The van der Waals surface area contributed by atoms with Gasteiger partial charge in [-0.15, -0.1) is 0 Å². The molecule has 3 aromatic rings. The van der Waals surface area contributed by atoms with E-state index in [0.29, 0.717) is 18.1 Å². The number of pyridine rings is 1. The van der Waals surface area contributed by atoms with Crippen LogP contribution in [0.1, 0.15) is 29.7 Å². The number of halogens is 8. The van der Waals surface area contributed by atoms with Gasteiger partial charge in [0.05, 0.1) is 16.8 Å². The van der Waals surface area contributed by atoms with Gasteiger partial charge in [-0.2, -0.15) is 17.6 Å². The second-order valence-electron chi connectivity index (χ2n) is 9.24. The number of nitrogens with zero attached hydrogens (tertiary/aromatic N) is 2. The summed E-state index contributed by atoms with van der Waals surface area (Å²) in [6.45, 7) is 0.00836. The molecule has 40 heavy (non-hydrogen) atoms. The zero-order valence-corrected chi connectivity index (χ0v) is 21.4. The Labute approximate surface area is 229 Å². The minimum absolute atomic E-state index is 0.00836. The maximum atomic E-state index is 14.9. The third-order valence-corrected chi connectivity index (χ3v) is 6.74. The number of alkyl halides is 6. The molecular formula is C27H23ClF7N3O2. The molecule has 2 amide bonds. The monoisotopic (exact) mass is 589 g/mol. The molecule has 1 aliphatic heterocycles. The quantitative estimate of drug-likeness (QED) is 0.273. The molecule has 1 fully saturated rings. The Morgan fingerprint density at radius 1 is 1.10 bits per heavy atom. The molecule has 2 aromatic carbocycles. The largest absolute Gasteiger partial charge is 0.461 e. The highest BCUT2D eigenvalue weighted by molar-refractivity contribution is 6.30. The number of hydrogen-bond donors (Lipinski definition) is 1. The molecule has 1 saturated heterocycles. The smallest absolute Gasteiger partial charge is 0.428 e. The van der Waals surface area contributed by atoms with Crippen LogP contribution in [0.5, 0.6) is 5.75 Å². The van der Waals surface area contributed by atoms with Crippen LogP contribution in [0.3, 0.4) is 0 Å². The van der Waals surface area contributed by atoms with Crippen LogP contribution in [-0.2, 0) is 12.0 Å². The first-order valence-corrected chi connectivity index (χ1v) is 12.5. The van der Waals surface area contributed by atoms with E-state index in [9.17, 15) is 35.5 Å².